The van der Waals surface area contributed by atoms with E-state index in [1.807, 2.05) is 0 Å². The number of hydrogen-bond acceptors (Lipinski definition) is 2. The zero-order chi connectivity index (χ0) is 13.3. The first-order valence-corrected chi connectivity index (χ1v) is 5.98. The van der Waals surface area contributed by atoms with Crippen molar-refractivity contribution in [2.75, 3.05) is 13.1 Å². The minimum Gasteiger partial charge on any atom is -0.391 e. The van der Waals surface area contributed by atoms with E-state index in [2.05, 4.69) is 0 Å². The van der Waals surface area contributed by atoms with Crippen LogP contribution >= 0.6 is 11.6 Å². The van der Waals surface area contributed by atoms with Crippen molar-refractivity contribution in [3.63, 3.8) is 0 Å². The quantitative estimate of drug-likeness (QED) is 0.799. The average Bonchev–Trinajstić information content (AvgIpc) is 2.33. The summed E-state index contributed by atoms with van der Waals surface area (Å²) in [4.78, 5) is 13.3. The van der Waals surface area contributed by atoms with E-state index >= 15 is 0 Å². The van der Waals surface area contributed by atoms with Gasteiger partial charge in [0.05, 0.1) is 16.7 Å². The number of benzene rings is 1. The highest BCUT2D eigenvalue weighted by Gasteiger charge is 2.25. The third-order valence-corrected chi connectivity index (χ3v) is 3.21. The maximum atomic E-state index is 13.6. The first-order valence-electron chi connectivity index (χ1n) is 5.61. The van der Waals surface area contributed by atoms with Crippen LogP contribution in [0.25, 0.3) is 0 Å². The molecule has 1 aliphatic heterocycles. The molecule has 0 saturated carbocycles. The van der Waals surface area contributed by atoms with Crippen molar-refractivity contribution in [3.8, 4) is 0 Å². The van der Waals surface area contributed by atoms with Crippen molar-refractivity contribution >= 4 is 17.5 Å². The third-order valence-electron chi connectivity index (χ3n) is 2.92. The molecule has 1 aromatic rings. The van der Waals surface area contributed by atoms with Crippen molar-refractivity contribution in [3.05, 3.63) is 34.4 Å². The van der Waals surface area contributed by atoms with Gasteiger partial charge in [-0.2, -0.15) is 0 Å². The van der Waals surface area contributed by atoms with Gasteiger partial charge >= 0.3 is 0 Å². The first kappa shape index (κ1) is 13.2. The summed E-state index contributed by atoms with van der Waals surface area (Å²) in [6.45, 7) is 0.572. The van der Waals surface area contributed by atoms with Crippen LogP contribution in [0.3, 0.4) is 0 Å². The third kappa shape index (κ3) is 2.62. The molecule has 98 valence electrons. The smallest absolute Gasteiger partial charge is 0.257 e. The van der Waals surface area contributed by atoms with E-state index in [0.29, 0.717) is 19.4 Å². The van der Waals surface area contributed by atoms with E-state index in [1.165, 1.54) is 4.90 Å². The van der Waals surface area contributed by atoms with Gasteiger partial charge in [0.1, 0.15) is 11.6 Å². The number of β-amino-alcohol motifs (C(OH)–C–C–N with tert-alkyl or cyclic N) is 1. The number of halogens is 3. The summed E-state index contributed by atoms with van der Waals surface area (Å²) in [6.07, 6.45) is 0.647. The van der Waals surface area contributed by atoms with Crippen molar-refractivity contribution < 1.29 is 18.7 Å². The van der Waals surface area contributed by atoms with Crippen LogP contribution in [0.15, 0.2) is 12.1 Å². The molecule has 3 nitrogen and oxygen atoms in total. The predicted molar refractivity (Wildman–Crippen MR) is 62.5 cm³/mol. The van der Waals surface area contributed by atoms with Gasteiger partial charge in [0.2, 0.25) is 0 Å². The summed E-state index contributed by atoms with van der Waals surface area (Å²) in [5.41, 5.74) is -0.356. The Hall–Kier alpha value is -1.20. The lowest BCUT2D eigenvalue weighted by molar-refractivity contribution is 0.0469. The minimum absolute atomic E-state index is 0.141. The molecular formula is C12H12ClF2NO2. The van der Waals surface area contributed by atoms with E-state index in [1.54, 1.807) is 0 Å². The first-order chi connectivity index (χ1) is 8.49. The fourth-order valence-corrected chi connectivity index (χ4v) is 2.15. The molecule has 2 rings (SSSR count). The van der Waals surface area contributed by atoms with Crippen LogP contribution < -0.4 is 0 Å². The lowest BCUT2D eigenvalue weighted by Gasteiger charge is -2.30. The highest BCUT2D eigenvalue weighted by molar-refractivity contribution is 6.30. The molecule has 1 amide bonds. The number of aliphatic hydroxyl groups is 1. The summed E-state index contributed by atoms with van der Waals surface area (Å²) >= 11 is 5.42. The topological polar surface area (TPSA) is 40.5 Å². The number of likely N-dealkylation sites (tertiary alicyclic amines) is 1. The standard InChI is InChI=1S/C12H12ClF2NO2/c13-9-5-10(14)8(4-11(9)15)12(18)16-3-1-2-7(17)6-16/h4-5,7,17H,1-3,6H2. The second kappa shape index (κ2) is 5.20. The van der Waals surface area contributed by atoms with Gasteiger partial charge in [-0.15, -0.1) is 0 Å². The van der Waals surface area contributed by atoms with Gasteiger partial charge in [-0.3, -0.25) is 4.79 Å². The molecule has 0 spiro atoms. The Morgan fingerprint density at radius 2 is 2.11 bits per heavy atom. The van der Waals surface area contributed by atoms with Crippen LogP contribution in [0, 0.1) is 11.6 Å². The predicted octanol–water partition coefficient (Wildman–Crippen LogP) is 2.22. The van der Waals surface area contributed by atoms with Gasteiger partial charge in [-0.05, 0) is 25.0 Å². The summed E-state index contributed by atoms with van der Waals surface area (Å²) in [7, 11) is 0. The molecule has 0 bridgehead atoms. The monoisotopic (exact) mass is 275 g/mol. The summed E-state index contributed by atoms with van der Waals surface area (Å²) < 4.78 is 26.8. The van der Waals surface area contributed by atoms with E-state index in [9.17, 15) is 18.7 Å². The number of nitrogens with zero attached hydrogens (tertiary/aromatic N) is 1. The molecule has 1 atom stereocenters. The van der Waals surface area contributed by atoms with Crippen molar-refractivity contribution in [1.29, 1.82) is 0 Å². The minimum atomic E-state index is -0.855. The Morgan fingerprint density at radius 3 is 2.78 bits per heavy atom. The maximum Gasteiger partial charge on any atom is 0.257 e. The summed E-state index contributed by atoms with van der Waals surface area (Å²) in [5.74, 6) is -2.31. The van der Waals surface area contributed by atoms with Crippen LogP contribution in [0.1, 0.15) is 23.2 Å². The molecule has 0 radical (unpaired) electrons. The molecule has 1 unspecified atom stereocenters. The molecule has 1 fully saturated rings. The summed E-state index contributed by atoms with van der Waals surface area (Å²) in [6, 6.07) is 1.57. The fourth-order valence-electron chi connectivity index (χ4n) is 2.00. The van der Waals surface area contributed by atoms with E-state index in [0.717, 1.165) is 12.1 Å². The van der Waals surface area contributed by atoms with Crippen LogP contribution in [0.5, 0.6) is 0 Å². The molecular weight excluding hydrogens is 264 g/mol. The lowest BCUT2D eigenvalue weighted by Crippen LogP contribution is -2.42. The molecule has 1 N–H and O–H groups in total. The van der Waals surface area contributed by atoms with Gasteiger partial charge in [0.15, 0.2) is 0 Å². The fraction of sp³-hybridized carbons (Fsp3) is 0.417. The molecule has 1 heterocycles. The molecule has 1 aliphatic rings. The number of amides is 1. The number of aliphatic hydroxyl groups excluding tert-OH is 1. The van der Waals surface area contributed by atoms with E-state index < -0.39 is 23.6 Å². The van der Waals surface area contributed by atoms with Crippen LogP contribution in [-0.4, -0.2) is 35.1 Å². The number of carbonyl (C=O) groups is 1. The molecule has 0 aromatic heterocycles. The second-order valence-corrected chi connectivity index (χ2v) is 4.70. The molecule has 0 aliphatic carbocycles. The Morgan fingerprint density at radius 1 is 1.39 bits per heavy atom. The van der Waals surface area contributed by atoms with Crippen LogP contribution in [-0.2, 0) is 0 Å². The number of rotatable bonds is 1. The molecule has 1 aromatic carbocycles. The van der Waals surface area contributed by atoms with Gasteiger partial charge in [0, 0.05) is 13.1 Å². The Balaban J connectivity index is 2.25. The molecule has 1 saturated heterocycles. The molecule has 6 heteroatoms. The Kier molecular flexibility index (Phi) is 3.82. The van der Waals surface area contributed by atoms with Gasteiger partial charge in [0.25, 0.3) is 5.91 Å². The van der Waals surface area contributed by atoms with Crippen LogP contribution in [0.4, 0.5) is 8.78 Å². The van der Waals surface area contributed by atoms with Crippen LogP contribution in [0.2, 0.25) is 5.02 Å². The Bertz CT molecular complexity index is 481. The highest BCUT2D eigenvalue weighted by Crippen LogP contribution is 2.22. The zero-order valence-corrected chi connectivity index (χ0v) is 10.3. The van der Waals surface area contributed by atoms with E-state index in [4.69, 9.17) is 11.6 Å². The number of piperidine rings is 1. The van der Waals surface area contributed by atoms with Gasteiger partial charge in [-0.1, -0.05) is 11.6 Å². The van der Waals surface area contributed by atoms with Crippen molar-refractivity contribution in [1.82, 2.24) is 4.90 Å². The van der Waals surface area contributed by atoms with Crippen molar-refractivity contribution in [2.45, 2.75) is 18.9 Å². The number of carbonyl (C=O) groups excluding carboxylic acids is 1. The van der Waals surface area contributed by atoms with Gasteiger partial charge < -0.3 is 10.0 Å². The average molecular weight is 276 g/mol. The highest BCUT2D eigenvalue weighted by atomic mass is 35.5. The second-order valence-electron chi connectivity index (χ2n) is 4.29. The SMILES string of the molecule is O=C(c1cc(F)c(Cl)cc1F)N1CCCC(O)C1. The number of hydrogen-bond donors (Lipinski definition) is 1. The zero-order valence-electron chi connectivity index (χ0n) is 9.50. The Labute approximate surface area is 108 Å². The maximum absolute atomic E-state index is 13.6. The largest absolute Gasteiger partial charge is 0.391 e. The van der Waals surface area contributed by atoms with Crippen molar-refractivity contribution in [2.24, 2.45) is 0 Å². The summed E-state index contributed by atoms with van der Waals surface area (Å²) in [5, 5.41) is 9.10. The van der Waals surface area contributed by atoms with Gasteiger partial charge in [-0.25, -0.2) is 8.78 Å². The normalized spacial score (nSPS) is 20.0. The van der Waals surface area contributed by atoms with E-state index in [-0.39, 0.29) is 17.1 Å². The molecule has 18 heavy (non-hydrogen) atoms. The lowest BCUT2D eigenvalue weighted by atomic mass is 10.1.